The summed E-state index contributed by atoms with van der Waals surface area (Å²) in [5.41, 5.74) is 0.107. The molecule has 0 bridgehead atoms. The molecule has 0 aliphatic rings. The van der Waals surface area contributed by atoms with E-state index in [2.05, 4.69) is 4.98 Å². The maximum absolute atomic E-state index is 13.0. The quantitative estimate of drug-likeness (QED) is 0.347. The molecule has 124 valence electrons. The summed E-state index contributed by atoms with van der Waals surface area (Å²) in [6.45, 7) is 1.89. The zero-order valence-corrected chi connectivity index (χ0v) is 13.4. The molecule has 0 radical (unpaired) electrons. The maximum Gasteiger partial charge on any atom is 0.342 e. The molecule has 4 rings (SSSR count). The number of benzene rings is 2. The summed E-state index contributed by atoms with van der Waals surface area (Å²) in [7, 11) is 0. The average Bonchev–Trinajstić information content (AvgIpc) is 2.62. The van der Waals surface area contributed by atoms with E-state index in [-0.39, 0.29) is 28.9 Å². The van der Waals surface area contributed by atoms with Crippen LogP contribution < -0.4 is 11.1 Å². The summed E-state index contributed by atoms with van der Waals surface area (Å²) >= 11 is 0. The number of fused-ring (bicyclic) bond motifs is 4. The standard InChI is InChI=1S/C19H14N2O4/c1-2-25-19(24)15-11-7-3-4-8-12(11)18(23)21-14-10-6-5-9-13(14)17(22)20-16(15)21/h3-10H,2H2,1H3,(H,20,22). The first-order valence-electron chi connectivity index (χ1n) is 7.89. The van der Waals surface area contributed by atoms with Crippen LogP contribution in [0.5, 0.6) is 0 Å². The van der Waals surface area contributed by atoms with Crippen molar-refractivity contribution >= 4 is 33.3 Å². The first kappa shape index (κ1) is 15.1. The molecule has 0 saturated heterocycles. The predicted molar refractivity (Wildman–Crippen MR) is 95.3 cm³/mol. The van der Waals surface area contributed by atoms with Gasteiger partial charge in [-0.1, -0.05) is 30.3 Å². The second-order valence-electron chi connectivity index (χ2n) is 5.60. The number of hydrogen-bond donors (Lipinski definition) is 1. The third-order valence-electron chi connectivity index (χ3n) is 4.19. The third-order valence-corrected chi connectivity index (χ3v) is 4.19. The van der Waals surface area contributed by atoms with Gasteiger partial charge in [-0.05, 0) is 25.1 Å². The molecule has 0 fully saturated rings. The van der Waals surface area contributed by atoms with Crippen molar-refractivity contribution in [1.82, 2.24) is 9.38 Å². The van der Waals surface area contributed by atoms with Crippen molar-refractivity contribution in [2.75, 3.05) is 6.61 Å². The molecule has 25 heavy (non-hydrogen) atoms. The number of ether oxygens (including phenoxy) is 1. The minimum atomic E-state index is -0.581. The highest BCUT2D eigenvalue weighted by Crippen LogP contribution is 2.22. The SMILES string of the molecule is CCOC(=O)c1c2ccccc2c(=O)n2c1[nH]c(=O)c1ccccc12. The van der Waals surface area contributed by atoms with Crippen LogP contribution >= 0.6 is 0 Å². The van der Waals surface area contributed by atoms with Gasteiger partial charge in [0.2, 0.25) is 0 Å². The molecule has 1 N–H and O–H groups in total. The van der Waals surface area contributed by atoms with E-state index in [0.717, 1.165) is 0 Å². The lowest BCUT2D eigenvalue weighted by Crippen LogP contribution is -2.24. The highest BCUT2D eigenvalue weighted by atomic mass is 16.5. The molecule has 0 amide bonds. The molecule has 2 aromatic carbocycles. The zero-order chi connectivity index (χ0) is 17.6. The molecule has 4 aromatic rings. The Hall–Kier alpha value is -3.41. The van der Waals surface area contributed by atoms with E-state index in [0.29, 0.717) is 21.7 Å². The number of aromatic nitrogens is 2. The smallest absolute Gasteiger partial charge is 0.342 e. The van der Waals surface area contributed by atoms with E-state index in [4.69, 9.17) is 4.74 Å². The minimum absolute atomic E-state index is 0.144. The number of pyridine rings is 1. The molecule has 0 aliphatic heterocycles. The fourth-order valence-corrected chi connectivity index (χ4v) is 3.14. The van der Waals surface area contributed by atoms with Crippen LogP contribution in [0.3, 0.4) is 0 Å². The van der Waals surface area contributed by atoms with Crippen LogP contribution in [0.4, 0.5) is 0 Å². The number of para-hydroxylation sites is 1. The van der Waals surface area contributed by atoms with Gasteiger partial charge >= 0.3 is 5.97 Å². The normalized spacial score (nSPS) is 11.2. The summed E-state index contributed by atoms with van der Waals surface area (Å²) in [4.78, 5) is 40.7. The summed E-state index contributed by atoms with van der Waals surface area (Å²) in [6, 6.07) is 13.6. The van der Waals surface area contributed by atoms with Gasteiger partial charge in [0.25, 0.3) is 11.1 Å². The van der Waals surface area contributed by atoms with Gasteiger partial charge in [0, 0.05) is 10.8 Å². The van der Waals surface area contributed by atoms with Crippen molar-refractivity contribution in [1.29, 1.82) is 0 Å². The second kappa shape index (κ2) is 5.59. The Morgan fingerprint density at radius 3 is 2.36 bits per heavy atom. The molecule has 0 saturated carbocycles. The van der Waals surface area contributed by atoms with Gasteiger partial charge in [-0.3, -0.25) is 14.0 Å². The Morgan fingerprint density at radius 2 is 1.64 bits per heavy atom. The van der Waals surface area contributed by atoms with Crippen molar-refractivity contribution in [2.24, 2.45) is 0 Å². The number of H-pyrrole nitrogens is 1. The van der Waals surface area contributed by atoms with Crippen molar-refractivity contribution in [3.63, 3.8) is 0 Å². The van der Waals surface area contributed by atoms with Gasteiger partial charge in [0.15, 0.2) is 0 Å². The van der Waals surface area contributed by atoms with E-state index < -0.39 is 5.97 Å². The molecular weight excluding hydrogens is 320 g/mol. The number of esters is 1. The van der Waals surface area contributed by atoms with Crippen molar-refractivity contribution < 1.29 is 9.53 Å². The average molecular weight is 334 g/mol. The van der Waals surface area contributed by atoms with Gasteiger partial charge < -0.3 is 9.72 Å². The Balaban J connectivity index is 2.36. The van der Waals surface area contributed by atoms with E-state index in [1.807, 2.05) is 0 Å². The largest absolute Gasteiger partial charge is 0.462 e. The summed E-state index contributed by atoms with van der Waals surface area (Å²) in [5.74, 6) is -0.581. The van der Waals surface area contributed by atoms with Crippen LogP contribution in [-0.2, 0) is 4.74 Å². The Bertz CT molecular complexity index is 1270. The van der Waals surface area contributed by atoms with Gasteiger partial charge in [0.1, 0.15) is 11.2 Å². The molecule has 2 heterocycles. The van der Waals surface area contributed by atoms with E-state index in [9.17, 15) is 14.4 Å². The summed E-state index contributed by atoms with van der Waals surface area (Å²) < 4.78 is 6.53. The Labute approximate surface area is 141 Å². The Morgan fingerprint density at radius 1 is 1.00 bits per heavy atom. The molecule has 6 heteroatoms. The zero-order valence-electron chi connectivity index (χ0n) is 13.4. The van der Waals surface area contributed by atoms with Crippen LogP contribution in [-0.4, -0.2) is 22.0 Å². The molecule has 0 atom stereocenters. The number of nitrogens with one attached hydrogen (secondary N) is 1. The van der Waals surface area contributed by atoms with Crippen molar-refractivity contribution in [3.05, 3.63) is 74.8 Å². The highest BCUT2D eigenvalue weighted by molar-refractivity contribution is 6.10. The topological polar surface area (TPSA) is 80.6 Å². The third kappa shape index (κ3) is 2.15. The number of carbonyl (C=O) groups is 1. The fourth-order valence-electron chi connectivity index (χ4n) is 3.14. The first-order chi connectivity index (χ1) is 12.1. The summed E-state index contributed by atoms with van der Waals surface area (Å²) in [6.07, 6.45) is 0. The van der Waals surface area contributed by atoms with Crippen LogP contribution in [0.25, 0.3) is 27.3 Å². The highest BCUT2D eigenvalue weighted by Gasteiger charge is 2.21. The number of hydrogen-bond acceptors (Lipinski definition) is 4. The van der Waals surface area contributed by atoms with Crippen LogP contribution in [0.2, 0.25) is 0 Å². The van der Waals surface area contributed by atoms with Crippen LogP contribution in [0.15, 0.2) is 58.1 Å². The maximum atomic E-state index is 13.0. The van der Waals surface area contributed by atoms with Crippen molar-refractivity contribution in [3.8, 4) is 0 Å². The molecule has 6 nitrogen and oxygen atoms in total. The monoisotopic (exact) mass is 334 g/mol. The second-order valence-corrected chi connectivity index (χ2v) is 5.60. The van der Waals surface area contributed by atoms with Crippen molar-refractivity contribution in [2.45, 2.75) is 6.92 Å². The fraction of sp³-hybridized carbons (Fsp3) is 0.105. The predicted octanol–water partition coefficient (Wildman–Crippen LogP) is 2.47. The van der Waals surface area contributed by atoms with Crippen LogP contribution in [0.1, 0.15) is 17.3 Å². The van der Waals surface area contributed by atoms with Crippen LogP contribution in [0, 0.1) is 0 Å². The minimum Gasteiger partial charge on any atom is -0.462 e. The van der Waals surface area contributed by atoms with Gasteiger partial charge in [-0.2, -0.15) is 0 Å². The van der Waals surface area contributed by atoms with Gasteiger partial charge in [0.05, 0.1) is 17.5 Å². The van der Waals surface area contributed by atoms with E-state index in [1.54, 1.807) is 55.5 Å². The van der Waals surface area contributed by atoms with E-state index >= 15 is 0 Å². The lowest BCUT2D eigenvalue weighted by Gasteiger charge is -2.12. The molecule has 2 aromatic heterocycles. The molecule has 0 unspecified atom stereocenters. The number of rotatable bonds is 2. The lowest BCUT2D eigenvalue weighted by atomic mass is 10.1. The lowest BCUT2D eigenvalue weighted by molar-refractivity contribution is 0.0530. The molecule has 0 aliphatic carbocycles. The Kier molecular flexibility index (Phi) is 3.39. The van der Waals surface area contributed by atoms with Gasteiger partial charge in [-0.25, -0.2) is 4.79 Å². The van der Waals surface area contributed by atoms with E-state index in [1.165, 1.54) is 4.40 Å². The number of nitrogens with zero attached hydrogens (tertiary/aromatic N) is 1. The first-order valence-corrected chi connectivity index (χ1v) is 7.89. The number of aromatic amines is 1. The number of carbonyl (C=O) groups excluding carboxylic acids is 1. The molecular formula is C19H14N2O4. The molecule has 0 spiro atoms. The summed E-state index contributed by atoms with van der Waals surface area (Å²) in [5, 5.41) is 1.22. The van der Waals surface area contributed by atoms with Gasteiger partial charge in [-0.15, -0.1) is 0 Å².